The standard InChI is InChI=1S/C36H43FO3/c1-6-36(7-2,31-14-13-28(26(3)23-31)17-21-35(38)19-9-8-10-20-35)32-15-16-33(27(4)24-32)30-12-11-29(34(37)25-30)18-22-40-39-5/h11-16,23-25,38H,6-10,18-20,22H2,1-5H3. The summed E-state index contributed by atoms with van der Waals surface area (Å²) in [7, 11) is 1.45. The maximum atomic E-state index is 14.8. The Hall–Kier alpha value is -2.97. The lowest BCUT2D eigenvalue weighted by Crippen LogP contribution is -2.29. The monoisotopic (exact) mass is 542 g/mol. The predicted molar refractivity (Wildman–Crippen MR) is 161 cm³/mol. The Morgan fingerprint density at radius 2 is 1.57 bits per heavy atom. The van der Waals surface area contributed by atoms with Gasteiger partial charge in [-0.1, -0.05) is 74.6 Å². The molecule has 0 heterocycles. The molecule has 0 saturated heterocycles. The van der Waals surface area contributed by atoms with Gasteiger partial charge in [0, 0.05) is 17.4 Å². The molecule has 0 amide bonds. The van der Waals surface area contributed by atoms with E-state index in [2.05, 4.69) is 80.8 Å². The molecule has 0 aliphatic heterocycles. The van der Waals surface area contributed by atoms with Crippen LogP contribution < -0.4 is 0 Å². The van der Waals surface area contributed by atoms with Crippen LogP contribution in [0.1, 0.15) is 92.2 Å². The summed E-state index contributed by atoms with van der Waals surface area (Å²) < 4.78 is 14.8. The number of hydrogen-bond acceptors (Lipinski definition) is 3. The van der Waals surface area contributed by atoms with Gasteiger partial charge in [0.15, 0.2) is 0 Å². The first-order chi connectivity index (χ1) is 19.2. The molecule has 0 aromatic heterocycles. The van der Waals surface area contributed by atoms with Gasteiger partial charge in [0.2, 0.25) is 0 Å². The van der Waals surface area contributed by atoms with Gasteiger partial charge in [-0.05, 0) is 103 Å². The van der Waals surface area contributed by atoms with Gasteiger partial charge in [0.25, 0.3) is 0 Å². The van der Waals surface area contributed by atoms with E-state index in [1.54, 1.807) is 6.07 Å². The average Bonchev–Trinajstić information content (AvgIpc) is 2.95. The van der Waals surface area contributed by atoms with Crippen molar-refractivity contribution in [2.75, 3.05) is 13.7 Å². The molecule has 3 aromatic rings. The van der Waals surface area contributed by atoms with Crippen LogP contribution in [0.2, 0.25) is 0 Å². The van der Waals surface area contributed by atoms with Crippen molar-refractivity contribution in [2.45, 2.75) is 90.1 Å². The van der Waals surface area contributed by atoms with Crippen LogP contribution in [-0.4, -0.2) is 24.4 Å². The van der Waals surface area contributed by atoms with Crippen molar-refractivity contribution >= 4 is 0 Å². The first-order valence-electron chi connectivity index (χ1n) is 14.7. The Labute approximate surface area is 239 Å². The van der Waals surface area contributed by atoms with E-state index in [4.69, 9.17) is 4.89 Å². The number of benzene rings is 3. The van der Waals surface area contributed by atoms with Crippen LogP contribution in [0, 0.1) is 31.5 Å². The average molecular weight is 543 g/mol. The predicted octanol–water partition coefficient (Wildman–Crippen LogP) is 8.38. The van der Waals surface area contributed by atoms with Crippen LogP contribution in [0.5, 0.6) is 0 Å². The summed E-state index contributed by atoms with van der Waals surface area (Å²) in [6.45, 7) is 9.02. The summed E-state index contributed by atoms with van der Waals surface area (Å²) in [6, 6.07) is 18.6. The topological polar surface area (TPSA) is 38.7 Å². The Balaban J connectivity index is 1.62. The summed E-state index contributed by atoms with van der Waals surface area (Å²) in [6.07, 6.45) is 7.17. The van der Waals surface area contributed by atoms with Crippen molar-refractivity contribution in [3.8, 4) is 23.0 Å². The number of aliphatic hydroxyl groups is 1. The molecule has 4 heteroatoms. The molecule has 1 fully saturated rings. The molecule has 3 nitrogen and oxygen atoms in total. The van der Waals surface area contributed by atoms with Gasteiger partial charge in [0.1, 0.15) is 11.4 Å². The van der Waals surface area contributed by atoms with Gasteiger partial charge in [-0.2, -0.15) is 0 Å². The zero-order valence-electron chi connectivity index (χ0n) is 24.7. The lowest BCUT2D eigenvalue weighted by Gasteiger charge is -2.34. The van der Waals surface area contributed by atoms with E-state index in [1.165, 1.54) is 24.7 Å². The third kappa shape index (κ3) is 6.50. The Bertz CT molecular complexity index is 1370. The van der Waals surface area contributed by atoms with Gasteiger partial charge in [-0.15, -0.1) is 0 Å². The van der Waals surface area contributed by atoms with Crippen LogP contribution in [0.4, 0.5) is 4.39 Å². The molecule has 0 atom stereocenters. The molecule has 0 spiro atoms. The van der Waals surface area contributed by atoms with Crippen LogP contribution in [0.25, 0.3) is 11.1 Å². The van der Waals surface area contributed by atoms with E-state index < -0.39 is 5.60 Å². The maximum Gasteiger partial charge on any atom is 0.127 e. The maximum absolute atomic E-state index is 14.8. The lowest BCUT2D eigenvalue weighted by molar-refractivity contribution is -0.271. The molecular formula is C36H43FO3. The van der Waals surface area contributed by atoms with Crippen molar-refractivity contribution in [3.63, 3.8) is 0 Å². The summed E-state index contributed by atoms with van der Waals surface area (Å²) in [5, 5.41) is 10.8. The molecule has 212 valence electrons. The molecule has 1 saturated carbocycles. The van der Waals surface area contributed by atoms with E-state index in [0.717, 1.165) is 66.3 Å². The van der Waals surface area contributed by atoms with Crippen LogP contribution in [-0.2, 0) is 21.6 Å². The van der Waals surface area contributed by atoms with E-state index in [0.29, 0.717) is 18.6 Å². The highest BCUT2D eigenvalue weighted by molar-refractivity contribution is 5.68. The number of aryl methyl sites for hydroxylation is 2. The highest BCUT2D eigenvalue weighted by Crippen LogP contribution is 2.41. The van der Waals surface area contributed by atoms with Gasteiger partial charge in [0.05, 0.1) is 13.7 Å². The second-order valence-corrected chi connectivity index (χ2v) is 11.2. The second kappa shape index (κ2) is 13.1. The molecule has 0 bridgehead atoms. The Kier molecular flexibility index (Phi) is 9.85. The first-order valence-corrected chi connectivity index (χ1v) is 14.7. The van der Waals surface area contributed by atoms with Gasteiger partial charge < -0.3 is 5.11 Å². The smallest absolute Gasteiger partial charge is 0.127 e. The zero-order chi connectivity index (χ0) is 28.8. The minimum Gasteiger partial charge on any atom is -0.378 e. The molecule has 1 N–H and O–H groups in total. The molecule has 0 unspecified atom stereocenters. The highest BCUT2D eigenvalue weighted by Gasteiger charge is 2.31. The van der Waals surface area contributed by atoms with Crippen molar-refractivity contribution in [1.29, 1.82) is 0 Å². The molecule has 1 aliphatic carbocycles. The summed E-state index contributed by atoms with van der Waals surface area (Å²) in [5.41, 5.74) is 7.31. The molecule has 0 radical (unpaired) electrons. The third-order valence-corrected chi connectivity index (χ3v) is 8.81. The summed E-state index contributed by atoms with van der Waals surface area (Å²) >= 11 is 0. The fourth-order valence-corrected chi connectivity index (χ4v) is 6.22. The summed E-state index contributed by atoms with van der Waals surface area (Å²) in [4.78, 5) is 9.51. The Morgan fingerprint density at radius 1 is 0.900 bits per heavy atom. The fourth-order valence-electron chi connectivity index (χ4n) is 6.22. The van der Waals surface area contributed by atoms with Crippen molar-refractivity contribution in [3.05, 3.63) is 93.8 Å². The molecule has 4 rings (SSSR count). The van der Waals surface area contributed by atoms with E-state index in [9.17, 15) is 9.50 Å². The fraction of sp³-hybridized carbons (Fsp3) is 0.444. The quantitative estimate of drug-likeness (QED) is 0.128. The molecule has 40 heavy (non-hydrogen) atoms. The molecule has 1 aliphatic rings. The third-order valence-electron chi connectivity index (χ3n) is 8.81. The number of hydrogen-bond donors (Lipinski definition) is 1. The minimum atomic E-state index is -0.846. The highest BCUT2D eigenvalue weighted by atomic mass is 19.1. The SMILES string of the molecule is CCC(CC)(c1ccc(C#CC2(O)CCCCC2)c(C)c1)c1ccc(-c2ccc(CCOOC)c(F)c2)c(C)c1. The van der Waals surface area contributed by atoms with Crippen molar-refractivity contribution < 1.29 is 19.3 Å². The normalized spacial score (nSPS) is 15.0. The van der Waals surface area contributed by atoms with Gasteiger partial charge in [-0.25, -0.2) is 14.2 Å². The van der Waals surface area contributed by atoms with E-state index in [1.807, 2.05) is 12.1 Å². The van der Waals surface area contributed by atoms with Crippen LogP contribution in [0.3, 0.4) is 0 Å². The lowest BCUT2D eigenvalue weighted by atomic mass is 9.69. The minimum absolute atomic E-state index is 0.141. The van der Waals surface area contributed by atoms with Crippen LogP contribution in [0.15, 0.2) is 54.6 Å². The number of halogens is 1. The molecular weight excluding hydrogens is 499 g/mol. The second-order valence-electron chi connectivity index (χ2n) is 11.2. The van der Waals surface area contributed by atoms with E-state index >= 15 is 0 Å². The van der Waals surface area contributed by atoms with Crippen LogP contribution >= 0.6 is 0 Å². The van der Waals surface area contributed by atoms with Crippen molar-refractivity contribution in [1.82, 2.24) is 0 Å². The van der Waals surface area contributed by atoms with Crippen molar-refractivity contribution in [2.24, 2.45) is 0 Å². The van der Waals surface area contributed by atoms with Gasteiger partial charge >= 0.3 is 0 Å². The van der Waals surface area contributed by atoms with E-state index in [-0.39, 0.29) is 11.2 Å². The zero-order valence-corrected chi connectivity index (χ0v) is 24.7. The molecule has 3 aromatic carbocycles. The number of rotatable bonds is 9. The first kappa shape index (κ1) is 30.0. The largest absolute Gasteiger partial charge is 0.378 e. The Morgan fingerprint density at radius 3 is 2.17 bits per heavy atom. The van der Waals surface area contributed by atoms with Gasteiger partial charge in [-0.3, -0.25) is 0 Å². The summed E-state index contributed by atoms with van der Waals surface area (Å²) in [5.74, 6) is 6.25.